The Morgan fingerprint density at radius 2 is 2.18 bits per heavy atom. The highest BCUT2D eigenvalue weighted by atomic mass is 16.4. The first-order valence-electron chi connectivity index (χ1n) is 6.26. The van der Waals surface area contributed by atoms with E-state index in [0.717, 1.165) is 6.42 Å². The van der Waals surface area contributed by atoms with Crippen LogP contribution in [0, 0.1) is 5.92 Å². The summed E-state index contributed by atoms with van der Waals surface area (Å²) in [6.07, 6.45) is 2.63. The number of carboxylic acids is 1. The molecule has 0 bridgehead atoms. The van der Waals surface area contributed by atoms with Crippen molar-refractivity contribution in [1.29, 1.82) is 0 Å². The zero-order valence-electron chi connectivity index (χ0n) is 10.6. The van der Waals surface area contributed by atoms with Crippen LogP contribution in [0.25, 0.3) is 0 Å². The largest absolute Gasteiger partial charge is 0.481 e. The predicted octanol–water partition coefficient (Wildman–Crippen LogP) is 0.826. The summed E-state index contributed by atoms with van der Waals surface area (Å²) in [6.45, 7) is 4.40. The van der Waals surface area contributed by atoms with Crippen LogP contribution in [0.5, 0.6) is 0 Å². The van der Waals surface area contributed by atoms with Crippen LogP contribution in [-0.2, 0) is 9.59 Å². The third kappa shape index (κ3) is 3.43. The van der Waals surface area contributed by atoms with Crippen molar-refractivity contribution in [2.24, 2.45) is 11.7 Å². The van der Waals surface area contributed by atoms with E-state index in [1.807, 2.05) is 13.8 Å². The van der Waals surface area contributed by atoms with Crippen LogP contribution in [0.1, 0.15) is 39.5 Å². The molecule has 1 rings (SSSR count). The van der Waals surface area contributed by atoms with Gasteiger partial charge in [0.05, 0.1) is 12.0 Å². The van der Waals surface area contributed by atoms with Gasteiger partial charge in [-0.1, -0.05) is 13.3 Å². The second-order valence-corrected chi connectivity index (χ2v) is 4.84. The summed E-state index contributed by atoms with van der Waals surface area (Å²) in [5, 5.41) is 8.95. The van der Waals surface area contributed by atoms with Gasteiger partial charge in [0.2, 0.25) is 5.91 Å². The number of amides is 1. The lowest BCUT2D eigenvalue weighted by Crippen LogP contribution is -2.51. The molecule has 1 fully saturated rings. The van der Waals surface area contributed by atoms with Crippen LogP contribution in [0.4, 0.5) is 0 Å². The molecule has 1 heterocycles. The second-order valence-electron chi connectivity index (χ2n) is 4.84. The van der Waals surface area contributed by atoms with Crippen molar-refractivity contribution in [1.82, 2.24) is 4.90 Å². The third-order valence-corrected chi connectivity index (χ3v) is 3.43. The number of likely N-dealkylation sites (tertiary alicyclic amines) is 1. The summed E-state index contributed by atoms with van der Waals surface area (Å²) in [5.74, 6) is -1.12. The quantitative estimate of drug-likeness (QED) is 0.764. The Morgan fingerprint density at radius 3 is 2.65 bits per heavy atom. The molecule has 0 aromatic carbocycles. The first-order valence-corrected chi connectivity index (χ1v) is 6.26. The van der Waals surface area contributed by atoms with Crippen LogP contribution >= 0.6 is 0 Å². The van der Waals surface area contributed by atoms with Gasteiger partial charge < -0.3 is 15.7 Å². The smallest absolute Gasteiger partial charge is 0.306 e. The molecule has 1 amide bonds. The zero-order valence-corrected chi connectivity index (χ0v) is 10.6. The van der Waals surface area contributed by atoms with Gasteiger partial charge in [-0.15, -0.1) is 0 Å². The van der Waals surface area contributed by atoms with Crippen LogP contribution in [0.3, 0.4) is 0 Å². The number of rotatable bonds is 4. The van der Waals surface area contributed by atoms with Crippen LogP contribution in [0.2, 0.25) is 0 Å². The van der Waals surface area contributed by atoms with E-state index < -0.39 is 12.0 Å². The van der Waals surface area contributed by atoms with Gasteiger partial charge in [-0.25, -0.2) is 0 Å². The van der Waals surface area contributed by atoms with E-state index in [1.165, 1.54) is 0 Å². The maximum atomic E-state index is 12.0. The number of carbonyl (C=O) groups is 2. The van der Waals surface area contributed by atoms with Crippen molar-refractivity contribution in [3.63, 3.8) is 0 Å². The zero-order chi connectivity index (χ0) is 13.0. The second kappa shape index (κ2) is 6.00. The molecule has 2 unspecified atom stereocenters. The fourth-order valence-electron chi connectivity index (χ4n) is 2.37. The number of nitrogens with zero attached hydrogens (tertiary/aromatic N) is 1. The van der Waals surface area contributed by atoms with Gasteiger partial charge in [0.1, 0.15) is 0 Å². The molecule has 5 nitrogen and oxygen atoms in total. The molecule has 98 valence electrons. The first-order chi connectivity index (χ1) is 7.97. The van der Waals surface area contributed by atoms with Crippen LogP contribution < -0.4 is 5.73 Å². The molecule has 1 saturated heterocycles. The van der Waals surface area contributed by atoms with Crippen molar-refractivity contribution in [2.45, 2.75) is 51.6 Å². The molecule has 1 aliphatic rings. The number of hydrogen-bond donors (Lipinski definition) is 2. The fourth-order valence-corrected chi connectivity index (χ4v) is 2.37. The maximum absolute atomic E-state index is 12.0. The minimum atomic E-state index is -0.762. The molecule has 3 atom stereocenters. The van der Waals surface area contributed by atoms with Gasteiger partial charge in [-0.3, -0.25) is 9.59 Å². The molecule has 17 heavy (non-hydrogen) atoms. The minimum Gasteiger partial charge on any atom is -0.481 e. The molecule has 0 aliphatic carbocycles. The van der Waals surface area contributed by atoms with Gasteiger partial charge in [0.25, 0.3) is 0 Å². The molecule has 0 radical (unpaired) electrons. The highest BCUT2D eigenvalue weighted by Gasteiger charge is 2.33. The Hall–Kier alpha value is -1.10. The number of piperidine rings is 1. The molecule has 5 heteroatoms. The number of hydrogen-bond acceptors (Lipinski definition) is 3. The molecule has 0 spiro atoms. The first kappa shape index (κ1) is 14.0. The lowest BCUT2D eigenvalue weighted by atomic mass is 9.91. The highest BCUT2D eigenvalue weighted by Crippen LogP contribution is 2.23. The number of carbonyl (C=O) groups excluding carboxylic acids is 1. The lowest BCUT2D eigenvalue weighted by molar-refractivity contribution is -0.147. The van der Waals surface area contributed by atoms with E-state index in [4.69, 9.17) is 10.8 Å². The van der Waals surface area contributed by atoms with Gasteiger partial charge >= 0.3 is 5.97 Å². The van der Waals surface area contributed by atoms with E-state index in [0.29, 0.717) is 25.8 Å². The van der Waals surface area contributed by atoms with E-state index in [2.05, 4.69) is 0 Å². The maximum Gasteiger partial charge on any atom is 0.306 e. The summed E-state index contributed by atoms with van der Waals surface area (Å²) in [7, 11) is 0. The molecule has 0 aromatic rings. The van der Waals surface area contributed by atoms with E-state index in [1.54, 1.807) is 4.90 Å². The lowest BCUT2D eigenvalue weighted by Gasteiger charge is -2.37. The van der Waals surface area contributed by atoms with Crippen LogP contribution in [0.15, 0.2) is 0 Å². The van der Waals surface area contributed by atoms with E-state index in [9.17, 15) is 9.59 Å². The molecular formula is C12H22N2O3. The fraction of sp³-hybridized carbons (Fsp3) is 0.833. The average Bonchev–Trinajstić information content (AvgIpc) is 2.28. The summed E-state index contributed by atoms with van der Waals surface area (Å²) < 4.78 is 0. The number of nitrogens with two attached hydrogens (primary N) is 1. The standard InChI is InChI=1S/C12H22N2O3/c1-3-4-10(13)11(15)14-6-5-9(12(16)17)7-8(14)2/h8-10H,3-7,13H2,1-2H3,(H,16,17)/t8?,9?,10-/m0/s1. The van der Waals surface area contributed by atoms with Crippen LogP contribution in [-0.4, -0.2) is 40.5 Å². The number of aliphatic carboxylic acids is 1. The normalized spacial score (nSPS) is 26.6. The summed E-state index contributed by atoms with van der Waals surface area (Å²) in [4.78, 5) is 24.6. The van der Waals surface area contributed by atoms with Crippen molar-refractivity contribution < 1.29 is 14.7 Å². The van der Waals surface area contributed by atoms with E-state index >= 15 is 0 Å². The summed E-state index contributed by atoms with van der Waals surface area (Å²) in [5.41, 5.74) is 5.81. The van der Waals surface area contributed by atoms with E-state index in [-0.39, 0.29) is 17.9 Å². The molecular weight excluding hydrogens is 220 g/mol. The van der Waals surface area contributed by atoms with Crippen molar-refractivity contribution >= 4 is 11.9 Å². The topological polar surface area (TPSA) is 83.6 Å². The summed E-state index contributed by atoms with van der Waals surface area (Å²) >= 11 is 0. The minimum absolute atomic E-state index is 0.0275. The molecule has 3 N–H and O–H groups in total. The molecule has 1 aliphatic heterocycles. The SMILES string of the molecule is CCC[C@H](N)C(=O)N1CCC(C(=O)O)CC1C. The van der Waals surface area contributed by atoms with Gasteiger partial charge in [-0.05, 0) is 26.2 Å². The predicted molar refractivity (Wildman–Crippen MR) is 64.4 cm³/mol. The highest BCUT2D eigenvalue weighted by molar-refractivity contribution is 5.82. The Morgan fingerprint density at radius 1 is 1.53 bits per heavy atom. The van der Waals surface area contributed by atoms with Gasteiger partial charge in [-0.2, -0.15) is 0 Å². The van der Waals surface area contributed by atoms with Gasteiger partial charge in [0.15, 0.2) is 0 Å². The van der Waals surface area contributed by atoms with Crippen molar-refractivity contribution in [3.8, 4) is 0 Å². The average molecular weight is 242 g/mol. The monoisotopic (exact) mass is 242 g/mol. The Balaban J connectivity index is 2.57. The Kier molecular flexibility index (Phi) is 4.93. The Bertz CT molecular complexity index is 293. The van der Waals surface area contributed by atoms with Crippen molar-refractivity contribution in [3.05, 3.63) is 0 Å². The summed E-state index contributed by atoms with van der Waals surface area (Å²) in [6, 6.07) is -0.468. The molecule has 0 saturated carbocycles. The number of carboxylic acid groups (broad SMARTS) is 1. The van der Waals surface area contributed by atoms with Crippen molar-refractivity contribution in [2.75, 3.05) is 6.54 Å². The third-order valence-electron chi connectivity index (χ3n) is 3.43. The molecule has 0 aromatic heterocycles. The Labute approximate surface area is 102 Å². The van der Waals surface area contributed by atoms with Gasteiger partial charge in [0, 0.05) is 12.6 Å².